The van der Waals surface area contributed by atoms with Crippen LogP contribution in [0.1, 0.15) is 30.0 Å². The Morgan fingerprint density at radius 2 is 2.21 bits per heavy atom. The van der Waals surface area contributed by atoms with Crippen LogP contribution >= 0.6 is 23.2 Å². The third-order valence-electron chi connectivity index (χ3n) is 4.04. The predicted molar refractivity (Wildman–Crippen MR) is 77.6 cm³/mol. The van der Waals surface area contributed by atoms with E-state index < -0.39 is 0 Å². The van der Waals surface area contributed by atoms with Gasteiger partial charge < -0.3 is 10.5 Å². The van der Waals surface area contributed by atoms with Gasteiger partial charge in [-0.1, -0.05) is 23.2 Å². The second-order valence-corrected chi connectivity index (χ2v) is 6.11. The first-order chi connectivity index (χ1) is 9.19. The van der Waals surface area contributed by atoms with Crippen LogP contribution in [-0.2, 0) is 11.3 Å². The summed E-state index contributed by atoms with van der Waals surface area (Å²) in [6, 6.07) is 4.01. The van der Waals surface area contributed by atoms with E-state index in [-0.39, 0.29) is 6.04 Å². The summed E-state index contributed by atoms with van der Waals surface area (Å²) in [6.07, 6.45) is 2.63. The summed E-state index contributed by atoms with van der Waals surface area (Å²) in [6.45, 7) is 3.22. The second kappa shape index (κ2) is 5.58. The molecule has 0 radical (unpaired) electrons. The molecule has 1 aromatic rings. The largest absolute Gasteiger partial charge is 0.377 e. The maximum Gasteiger partial charge on any atom is 0.0703 e. The van der Waals surface area contributed by atoms with E-state index in [4.69, 9.17) is 33.7 Å². The summed E-state index contributed by atoms with van der Waals surface area (Å²) in [5, 5.41) is 1.43. The molecule has 0 bridgehead atoms. The van der Waals surface area contributed by atoms with E-state index in [2.05, 4.69) is 4.90 Å². The van der Waals surface area contributed by atoms with Gasteiger partial charge in [-0.2, -0.15) is 0 Å². The Balaban J connectivity index is 1.83. The molecule has 0 saturated carbocycles. The summed E-state index contributed by atoms with van der Waals surface area (Å²) in [7, 11) is 0. The lowest BCUT2D eigenvalue weighted by molar-refractivity contribution is 0.0609. The normalized spacial score (nSPS) is 26.9. The lowest BCUT2D eigenvalue weighted by Gasteiger charge is -2.26. The summed E-state index contributed by atoms with van der Waals surface area (Å²) in [4.78, 5) is 2.36. The monoisotopic (exact) mass is 300 g/mol. The topological polar surface area (TPSA) is 38.5 Å². The van der Waals surface area contributed by atoms with Crippen molar-refractivity contribution in [3.63, 3.8) is 0 Å². The molecule has 2 aliphatic heterocycles. The van der Waals surface area contributed by atoms with Gasteiger partial charge in [0.15, 0.2) is 0 Å². The van der Waals surface area contributed by atoms with Crippen LogP contribution in [0.25, 0.3) is 0 Å². The highest BCUT2D eigenvalue weighted by atomic mass is 35.5. The number of rotatable bonds is 3. The molecule has 104 valence electrons. The Kier molecular flexibility index (Phi) is 4.01. The van der Waals surface area contributed by atoms with Crippen molar-refractivity contribution >= 4 is 23.2 Å². The van der Waals surface area contributed by atoms with E-state index in [0.29, 0.717) is 17.7 Å². The van der Waals surface area contributed by atoms with Crippen LogP contribution in [0, 0.1) is 0 Å². The third kappa shape index (κ3) is 2.63. The lowest BCUT2D eigenvalue weighted by atomic mass is 10.0. The van der Waals surface area contributed by atoms with Gasteiger partial charge in [-0.05, 0) is 36.1 Å². The molecule has 2 N–H and O–H groups in total. The van der Waals surface area contributed by atoms with E-state index in [9.17, 15) is 0 Å². The molecular formula is C14H18Cl2N2O. The second-order valence-electron chi connectivity index (χ2n) is 5.27. The molecule has 2 atom stereocenters. The first-order valence-corrected chi connectivity index (χ1v) is 7.48. The minimum atomic E-state index is 0.204. The smallest absolute Gasteiger partial charge is 0.0703 e. The highest BCUT2D eigenvalue weighted by Crippen LogP contribution is 2.39. The van der Waals surface area contributed by atoms with Crippen LogP contribution in [0.4, 0.5) is 0 Å². The van der Waals surface area contributed by atoms with E-state index in [1.54, 1.807) is 0 Å². The number of ether oxygens (including phenoxy) is 1. The summed E-state index contributed by atoms with van der Waals surface area (Å²) in [5.74, 6) is 0. The molecule has 0 aliphatic carbocycles. The van der Waals surface area contributed by atoms with Crippen molar-refractivity contribution in [1.82, 2.24) is 4.90 Å². The van der Waals surface area contributed by atoms with Crippen molar-refractivity contribution in [1.29, 1.82) is 0 Å². The van der Waals surface area contributed by atoms with Crippen molar-refractivity contribution < 1.29 is 4.74 Å². The average molecular weight is 301 g/mol. The van der Waals surface area contributed by atoms with Gasteiger partial charge in [-0.25, -0.2) is 0 Å². The first-order valence-electron chi connectivity index (χ1n) is 6.72. The van der Waals surface area contributed by atoms with Gasteiger partial charge in [0.05, 0.1) is 6.10 Å². The van der Waals surface area contributed by atoms with Crippen molar-refractivity contribution in [3.05, 3.63) is 33.3 Å². The Labute approximate surface area is 123 Å². The Hall–Kier alpha value is -0.320. The fourth-order valence-electron chi connectivity index (χ4n) is 3.12. The number of nitrogens with two attached hydrogens (primary N) is 1. The summed E-state index contributed by atoms with van der Waals surface area (Å²) >= 11 is 12.4. The van der Waals surface area contributed by atoms with Crippen molar-refractivity contribution in [2.75, 3.05) is 19.7 Å². The SMILES string of the molecule is NCC1c2cc(Cl)cc(Cl)c2CN1CC1CCCO1. The van der Waals surface area contributed by atoms with Gasteiger partial charge >= 0.3 is 0 Å². The van der Waals surface area contributed by atoms with Gasteiger partial charge in [0, 0.05) is 42.3 Å². The van der Waals surface area contributed by atoms with E-state index >= 15 is 0 Å². The maximum absolute atomic E-state index is 6.30. The van der Waals surface area contributed by atoms with Gasteiger partial charge in [-0.15, -0.1) is 0 Å². The molecule has 3 nitrogen and oxygen atoms in total. The fourth-order valence-corrected chi connectivity index (χ4v) is 3.68. The molecule has 0 spiro atoms. The van der Waals surface area contributed by atoms with E-state index in [0.717, 1.165) is 37.6 Å². The molecule has 1 saturated heterocycles. The molecule has 2 aliphatic rings. The first kappa shape index (κ1) is 13.7. The maximum atomic E-state index is 6.30. The molecular weight excluding hydrogens is 283 g/mol. The summed E-state index contributed by atoms with van der Waals surface area (Å²) < 4.78 is 5.72. The minimum absolute atomic E-state index is 0.204. The van der Waals surface area contributed by atoms with Crippen LogP contribution in [0.3, 0.4) is 0 Å². The molecule has 2 unspecified atom stereocenters. The van der Waals surface area contributed by atoms with E-state index in [1.807, 2.05) is 12.1 Å². The van der Waals surface area contributed by atoms with Gasteiger partial charge in [0.1, 0.15) is 0 Å². The zero-order chi connectivity index (χ0) is 13.4. The molecule has 0 amide bonds. The predicted octanol–water partition coefficient (Wildman–Crippen LogP) is 2.99. The van der Waals surface area contributed by atoms with Crippen LogP contribution in [0.15, 0.2) is 12.1 Å². The van der Waals surface area contributed by atoms with Crippen LogP contribution in [-0.4, -0.2) is 30.7 Å². The lowest BCUT2D eigenvalue weighted by Crippen LogP contribution is -2.34. The van der Waals surface area contributed by atoms with Crippen molar-refractivity contribution in [2.24, 2.45) is 5.73 Å². The van der Waals surface area contributed by atoms with Crippen LogP contribution < -0.4 is 5.73 Å². The standard InChI is InChI=1S/C14H18Cl2N2O/c15-9-4-11-12(13(16)5-9)8-18(14(11)6-17)7-10-2-1-3-19-10/h4-5,10,14H,1-3,6-8,17H2. The van der Waals surface area contributed by atoms with Gasteiger partial charge in [0.25, 0.3) is 0 Å². The molecule has 0 aromatic heterocycles. The van der Waals surface area contributed by atoms with Gasteiger partial charge in [0.2, 0.25) is 0 Å². The zero-order valence-corrected chi connectivity index (χ0v) is 12.3. The Bertz CT molecular complexity index is 475. The zero-order valence-electron chi connectivity index (χ0n) is 10.7. The number of benzene rings is 1. The van der Waals surface area contributed by atoms with Crippen molar-refractivity contribution in [3.8, 4) is 0 Å². The van der Waals surface area contributed by atoms with Crippen molar-refractivity contribution in [2.45, 2.75) is 31.5 Å². The quantitative estimate of drug-likeness (QED) is 0.933. The van der Waals surface area contributed by atoms with Gasteiger partial charge in [-0.3, -0.25) is 4.90 Å². The minimum Gasteiger partial charge on any atom is -0.377 e. The highest BCUT2D eigenvalue weighted by Gasteiger charge is 2.33. The molecule has 3 rings (SSSR count). The Morgan fingerprint density at radius 3 is 2.89 bits per heavy atom. The van der Waals surface area contributed by atoms with Crippen LogP contribution in [0.2, 0.25) is 10.0 Å². The molecule has 19 heavy (non-hydrogen) atoms. The van der Waals surface area contributed by atoms with E-state index in [1.165, 1.54) is 11.1 Å². The highest BCUT2D eigenvalue weighted by molar-refractivity contribution is 6.35. The molecule has 2 heterocycles. The average Bonchev–Trinajstić information content (AvgIpc) is 2.97. The number of hydrogen-bond donors (Lipinski definition) is 1. The molecule has 1 aromatic carbocycles. The third-order valence-corrected chi connectivity index (χ3v) is 4.60. The number of nitrogens with zero attached hydrogens (tertiary/aromatic N) is 1. The molecule has 5 heteroatoms. The van der Waals surface area contributed by atoms with Crippen LogP contribution in [0.5, 0.6) is 0 Å². The Morgan fingerprint density at radius 1 is 1.37 bits per heavy atom. The molecule has 1 fully saturated rings. The number of halogens is 2. The number of hydrogen-bond acceptors (Lipinski definition) is 3. The fraction of sp³-hybridized carbons (Fsp3) is 0.571. The number of fused-ring (bicyclic) bond motifs is 1. The summed E-state index contributed by atoms with van der Waals surface area (Å²) in [5.41, 5.74) is 8.29.